The van der Waals surface area contributed by atoms with Crippen molar-refractivity contribution in [3.8, 4) is 11.8 Å². The van der Waals surface area contributed by atoms with Gasteiger partial charge in [0.1, 0.15) is 41.3 Å². The van der Waals surface area contributed by atoms with Crippen LogP contribution in [-0.4, -0.2) is 5.78 Å². The van der Waals surface area contributed by atoms with E-state index in [9.17, 15) is 10.1 Å². The summed E-state index contributed by atoms with van der Waals surface area (Å²) >= 11 is 6.04. The molecule has 148 valence electrons. The first-order valence-corrected chi connectivity index (χ1v) is 9.67. The molecular formula is C22H19ClN2O4. The SMILES string of the molecule is Cc1cc(OCc2ccc([C@@H]3C(C#N)=C(N)OC4=C3C(=O)CCC4)o2)ccc1Cl. The summed E-state index contributed by atoms with van der Waals surface area (Å²) in [6.45, 7) is 2.10. The summed E-state index contributed by atoms with van der Waals surface area (Å²) in [7, 11) is 0. The smallest absolute Gasteiger partial charge is 0.205 e. The summed E-state index contributed by atoms with van der Waals surface area (Å²) in [4.78, 5) is 12.6. The first kappa shape index (κ1) is 19.2. The van der Waals surface area contributed by atoms with Crippen molar-refractivity contribution in [1.29, 1.82) is 5.26 Å². The van der Waals surface area contributed by atoms with Crippen LogP contribution < -0.4 is 10.5 Å². The van der Waals surface area contributed by atoms with E-state index in [0.29, 0.717) is 52.9 Å². The predicted octanol–water partition coefficient (Wildman–Crippen LogP) is 4.64. The topological polar surface area (TPSA) is 98.5 Å². The number of hydrogen-bond donors (Lipinski definition) is 1. The lowest BCUT2D eigenvalue weighted by atomic mass is 9.80. The van der Waals surface area contributed by atoms with Gasteiger partial charge in [-0.15, -0.1) is 0 Å². The van der Waals surface area contributed by atoms with Gasteiger partial charge in [-0.25, -0.2) is 0 Å². The van der Waals surface area contributed by atoms with Crippen molar-refractivity contribution in [2.45, 2.75) is 38.7 Å². The molecule has 6 nitrogen and oxygen atoms in total. The maximum absolute atomic E-state index is 12.6. The highest BCUT2D eigenvalue weighted by Crippen LogP contribution is 2.43. The Kier molecular flexibility index (Phi) is 5.08. The zero-order chi connectivity index (χ0) is 20.5. The molecule has 1 aliphatic carbocycles. The van der Waals surface area contributed by atoms with E-state index < -0.39 is 5.92 Å². The number of allylic oxidation sites excluding steroid dienone is 3. The number of Topliss-reactive ketones (excluding diaryl/α,β-unsaturated/α-hetero) is 1. The third-order valence-corrected chi connectivity index (χ3v) is 5.51. The summed E-state index contributed by atoms with van der Waals surface area (Å²) in [5.74, 6) is 1.59. The summed E-state index contributed by atoms with van der Waals surface area (Å²) in [5, 5.41) is 10.3. The van der Waals surface area contributed by atoms with Gasteiger partial charge in [0.15, 0.2) is 5.78 Å². The second kappa shape index (κ2) is 7.69. The molecule has 1 aliphatic heterocycles. The van der Waals surface area contributed by atoms with Crippen LogP contribution in [0.1, 0.15) is 42.3 Å². The normalized spacial score (nSPS) is 18.9. The second-order valence-electron chi connectivity index (χ2n) is 7.04. The van der Waals surface area contributed by atoms with Crippen LogP contribution in [0.2, 0.25) is 5.02 Å². The fourth-order valence-electron chi connectivity index (χ4n) is 3.63. The van der Waals surface area contributed by atoms with E-state index in [-0.39, 0.29) is 23.8 Å². The molecule has 0 saturated heterocycles. The minimum Gasteiger partial charge on any atom is -0.486 e. The largest absolute Gasteiger partial charge is 0.486 e. The van der Waals surface area contributed by atoms with Crippen LogP contribution in [0.25, 0.3) is 0 Å². The van der Waals surface area contributed by atoms with E-state index in [1.165, 1.54) is 0 Å². The van der Waals surface area contributed by atoms with Crippen LogP contribution in [0.15, 0.2) is 57.5 Å². The fourth-order valence-corrected chi connectivity index (χ4v) is 3.75. The van der Waals surface area contributed by atoms with E-state index in [1.54, 1.807) is 24.3 Å². The monoisotopic (exact) mass is 410 g/mol. The van der Waals surface area contributed by atoms with E-state index in [2.05, 4.69) is 6.07 Å². The number of hydrogen-bond acceptors (Lipinski definition) is 6. The number of nitriles is 1. The molecule has 0 amide bonds. The van der Waals surface area contributed by atoms with E-state index in [4.69, 9.17) is 31.2 Å². The fraction of sp³-hybridized carbons (Fsp3) is 0.273. The van der Waals surface area contributed by atoms with Gasteiger partial charge in [0.2, 0.25) is 5.88 Å². The molecule has 0 saturated carbocycles. The zero-order valence-corrected chi connectivity index (χ0v) is 16.6. The molecule has 0 unspecified atom stereocenters. The lowest BCUT2D eigenvalue weighted by molar-refractivity contribution is -0.116. The van der Waals surface area contributed by atoms with Crippen LogP contribution >= 0.6 is 11.6 Å². The van der Waals surface area contributed by atoms with Crippen molar-refractivity contribution in [3.05, 3.63) is 75.2 Å². The maximum Gasteiger partial charge on any atom is 0.205 e. The Morgan fingerprint density at radius 2 is 2.14 bits per heavy atom. The zero-order valence-electron chi connectivity index (χ0n) is 15.8. The Balaban J connectivity index is 1.60. The Hall–Kier alpha value is -3.17. The molecule has 2 aliphatic rings. The highest BCUT2D eigenvalue weighted by molar-refractivity contribution is 6.31. The minimum absolute atomic E-state index is 0.0248. The van der Waals surface area contributed by atoms with Crippen molar-refractivity contribution < 1.29 is 18.7 Å². The standard InChI is InChI=1S/C22H19ClN2O4/c1-12-9-13(5-7-16(12)23)27-11-14-6-8-19(28-14)20-15(10-24)22(25)29-18-4-2-3-17(26)21(18)20/h5-9,20H,2-4,11,25H2,1H3/t20-/m0/s1. The highest BCUT2D eigenvalue weighted by Gasteiger charge is 2.39. The third-order valence-electron chi connectivity index (χ3n) is 5.08. The molecule has 2 N–H and O–H groups in total. The molecule has 1 aromatic heterocycles. The molecular weight excluding hydrogens is 392 g/mol. The molecule has 1 aromatic carbocycles. The molecule has 7 heteroatoms. The average molecular weight is 411 g/mol. The van der Waals surface area contributed by atoms with Crippen molar-refractivity contribution in [3.63, 3.8) is 0 Å². The van der Waals surface area contributed by atoms with Crippen LogP contribution in [0.3, 0.4) is 0 Å². The number of carbonyl (C=O) groups excluding carboxylic acids is 1. The number of rotatable bonds is 4. The van der Waals surface area contributed by atoms with Crippen LogP contribution in [-0.2, 0) is 16.1 Å². The minimum atomic E-state index is -0.650. The number of aryl methyl sites for hydroxylation is 1. The van der Waals surface area contributed by atoms with Gasteiger partial charge < -0.3 is 19.6 Å². The molecule has 29 heavy (non-hydrogen) atoms. The quantitative estimate of drug-likeness (QED) is 0.788. The number of carbonyl (C=O) groups is 1. The Bertz CT molecular complexity index is 1090. The van der Waals surface area contributed by atoms with Crippen LogP contribution in [0.4, 0.5) is 0 Å². The Morgan fingerprint density at radius 1 is 1.31 bits per heavy atom. The number of ketones is 1. The van der Waals surface area contributed by atoms with Crippen LogP contribution in [0, 0.1) is 18.3 Å². The molecule has 4 rings (SSSR count). The number of furan rings is 1. The van der Waals surface area contributed by atoms with E-state index in [1.807, 2.05) is 13.0 Å². The summed E-state index contributed by atoms with van der Waals surface area (Å²) < 4.78 is 17.3. The van der Waals surface area contributed by atoms with Gasteiger partial charge in [0, 0.05) is 23.4 Å². The van der Waals surface area contributed by atoms with Gasteiger partial charge in [0.25, 0.3) is 0 Å². The third kappa shape index (κ3) is 3.62. The van der Waals surface area contributed by atoms with Crippen molar-refractivity contribution in [2.75, 3.05) is 0 Å². The molecule has 0 radical (unpaired) electrons. The summed E-state index contributed by atoms with van der Waals surface area (Å²) in [6.07, 6.45) is 1.74. The molecule has 0 spiro atoms. The van der Waals surface area contributed by atoms with Gasteiger partial charge in [-0.05, 0) is 49.2 Å². The van der Waals surface area contributed by atoms with E-state index >= 15 is 0 Å². The second-order valence-corrected chi connectivity index (χ2v) is 7.45. The maximum atomic E-state index is 12.6. The lowest BCUT2D eigenvalue weighted by Gasteiger charge is -2.29. The molecule has 2 heterocycles. The van der Waals surface area contributed by atoms with Gasteiger partial charge in [-0.1, -0.05) is 11.6 Å². The van der Waals surface area contributed by atoms with Gasteiger partial charge in [0.05, 0.1) is 5.92 Å². The van der Waals surface area contributed by atoms with Gasteiger partial charge in [-0.2, -0.15) is 5.26 Å². The van der Waals surface area contributed by atoms with Crippen molar-refractivity contribution in [2.24, 2.45) is 5.73 Å². The van der Waals surface area contributed by atoms with Crippen molar-refractivity contribution in [1.82, 2.24) is 0 Å². The molecule has 2 aromatic rings. The molecule has 0 fully saturated rings. The molecule has 1 atom stereocenters. The Labute approximate surface area is 173 Å². The average Bonchev–Trinajstić information content (AvgIpc) is 3.17. The number of nitrogens with two attached hydrogens (primary N) is 1. The number of benzene rings is 1. The predicted molar refractivity (Wildman–Crippen MR) is 106 cm³/mol. The highest BCUT2D eigenvalue weighted by atomic mass is 35.5. The number of nitrogens with zero attached hydrogens (tertiary/aromatic N) is 1. The summed E-state index contributed by atoms with van der Waals surface area (Å²) in [5.41, 5.74) is 7.53. The van der Waals surface area contributed by atoms with Crippen molar-refractivity contribution >= 4 is 17.4 Å². The first-order valence-electron chi connectivity index (χ1n) is 9.29. The first-order chi connectivity index (χ1) is 14.0. The van der Waals surface area contributed by atoms with E-state index in [0.717, 1.165) is 5.56 Å². The van der Waals surface area contributed by atoms with Crippen LogP contribution in [0.5, 0.6) is 5.75 Å². The Morgan fingerprint density at radius 3 is 2.90 bits per heavy atom. The van der Waals surface area contributed by atoms with Gasteiger partial charge >= 0.3 is 0 Å². The summed E-state index contributed by atoms with van der Waals surface area (Å²) in [6, 6.07) is 11.0. The molecule has 0 bridgehead atoms. The van der Waals surface area contributed by atoms with Gasteiger partial charge in [-0.3, -0.25) is 4.79 Å². The lowest BCUT2D eigenvalue weighted by Crippen LogP contribution is -2.27. The number of ether oxygens (including phenoxy) is 2. The number of halogens is 1.